The van der Waals surface area contributed by atoms with Gasteiger partial charge in [-0.3, -0.25) is 9.69 Å². The number of nitrogens with one attached hydrogen (secondary N) is 1. The molecule has 0 spiro atoms. The van der Waals surface area contributed by atoms with Gasteiger partial charge in [0, 0.05) is 26.1 Å². The van der Waals surface area contributed by atoms with Crippen LogP contribution in [0.5, 0.6) is 0 Å². The van der Waals surface area contributed by atoms with Crippen LogP contribution in [0.25, 0.3) is 0 Å². The first kappa shape index (κ1) is 16.3. The monoisotopic (exact) mass is 326 g/mol. The van der Waals surface area contributed by atoms with Gasteiger partial charge in [0.1, 0.15) is 0 Å². The molecule has 2 unspecified atom stereocenters. The van der Waals surface area contributed by atoms with Crippen LogP contribution in [0.2, 0.25) is 0 Å². The van der Waals surface area contributed by atoms with Gasteiger partial charge >= 0.3 is 6.18 Å². The van der Waals surface area contributed by atoms with Gasteiger partial charge in [0.25, 0.3) is 0 Å². The molecular formula is C17H21F3N2O. The molecule has 1 aromatic carbocycles. The number of halogens is 3. The summed E-state index contributed by atoms with van der Waals surface area (Å²) < 4.78 is 38.4. The molecule has 0 aliphatic carbocycles. The quantitative estimate of drug-likeness (QED) is 0.906. The predicted molar refractivity (Wildman–Crippen MR) is 80.6 cm³/mol. The average Bonchev–Trinajstić information content (AvgIpc) is 2.67. The molecule has 0 bridgehead atoms. The third-order valence-corrected chi connectivity index (χ3v) is 4.92. The summed E-state index contributed by atoms with van der Waals surface area (Å²) in [6.45, 7) is 2.94. The highest BCUT2D eigenvalue weighted by molar-refractivity contribution is 5.76. The Bertz CT molecular complexity index is 573. The number of likely N-dealkylation sites (tertiary alicyclic amines) is 1. The van der Waals surface area contributed by atoms with Gasteiger partial charge in [-0.25, -0.2) is 0 Å². The van der Waals surface area contributed by atoms with Crippen molar-refractivity contribution < 1.29 is 18.0 Å². The maximum Gasteiger partial charge on any atom is 0.416 e. The number of carbonyl (C=O) groups excluding carboxylic acids is 1. The van der Waals surface area contributed by atoms with Crippen molar-refractivity contribution in [3.63, 3.8) is 0 Å². The second kappa shape index (κ2) is 6.51. The molecule has 3 rings (SSSR count). The molecule has 1 amide bonds. The van der Waals surface area contributed by atoms with Crippen LogP contribution in [-0.2, 0) is 17.5 Å². The molecule has 126 valence electrons. The van der Waals surface area contributed by atoms with Crippen molar-refractivity contribution in [2.75, 3.05) is 19.6 Å². The van der Waals surface area contributed by atoms with Crippen LogP contribution in [-0.4, -0.2) is 30.4 Å². The summed E-state index contributed by atoms with van der Waals surface area (Å²) in [7, 11) is 0. The van der Waals surface area contributed by atoms with Gasteiger partial charge in [0.2, 0.25) is 5.91 Å². The average molecular weight is 326 g/mol. The van der Waals surface area contributed by atoms with E-state index < -0.39 is 11.7 Å². The first-order valence-corrected chi connectivity index (χ1v) is 8.07. The molecule has 2 aliphatic rings. The van der Waals surface area contributed by atoms with E-state index in [1.165, 1.54) is 12.1 Å². The fourth-order valence-corrected chi connectivity index (χ4v) is 3.71. The van der Waals surface area contributed by atoms with Crippen LogP contribution in [0.4, 0.5) is 13.2 Å². The van der Waals surface area contributed by atoms with E-state index >= 15 is 0 Å². The number of rotatable bonds is 2. The third kappa shape index (κ3) is 4.05. The van der Waals surface area contributed by atoms with E-state index in [0.29, 0.717) is 36.9 Å². The molecule has 1 N–H and O–H groups in total. The van der Waals surface area contributed by atoms with Crippen molar-refractivity contribution in [2.45, 2.75) is 32.0 Å². The fraction of sp³-hybridized carbons (Fsp3) is 0.588. The number of alkyl halides is 3. The zero-order chi connectivity index (χ0) is 16.4. The number of hydrogen-bond acceptors (Lipinski definition) is 2. The molecule has 0 saturated carbocycles. The SMILES string of the molecule is O=C1CC2CCN(Cc3cccc(C(F)(F)F)c3)CC2CCN1. The maximum atomic E-state index is 12.8. The Labute approximate surface area is 133 Å². The second-order valence-corrected chi connectivity index (χ2v) is 6.58. The van der Waals surface area contributed by atoms with Gasteiger partial charge in [-0.1, -0.05) is 18.2 Å². The lowest BCUT2D eigenvalue weighted by Crippen LogP contribution is -2.40. The Balaban J connectivity index is 1.64. The van der Waals surface area contributed by atoms with E-state index in [4.69, 9.17) is 0 Å². The highest BCUT2D eigenvalue weighted by Crippen LogP contribution is 2.32. The molecule has 6 heteroatoms. The summed E-state index contributed by atoms with van der Waals surface area (Å²) in [6.07, 6.45) is -1.81. The number of nitrogens with zero attached hydrogens (tertiary/aromatic N) is 1. The van der Waals surface area contributed by atoms with E-state index in [0.717, 1.165) is 32.0 Å². The van der Waals surface area contributed by atoms with E-state index in [1.807, 2.05) is 0 Å². The van der Waals surface area contributed by atoms with Crippen molar-refractivity contribution in [1.29, 1.82) is 0 Å². The standard InChI is InChI=1S/C17H21F3N2O/c18-17(19,20)15-3-1-2-12(8-15)10-22-7-5-13-9-16(23)21-6-4-14(13)11-22/h1-3,8,13-14H,4-7,9-11H2,(H,21,23). The molecule has 2 aliphatic heterocycles. The number of hydrogen-bond donors (Lipinski definition) is 1. The molecule has 2 atom stereocenters. The first-order chi connectivity index (χ1) is 10.9. The zero-order valence-electron chi connectivity index (χ0n) is 12.9. The van der Waals surface area contributed by atoms with E-state index in [2.05, 4.69) is 10.2 Å². The number of piperidine rings is 1. The van der Waals surface area contributed by atoms with Crippen molar-refractivity contribution in [3.8, 4) is 0 Å². The summed E-state index contributed by atoms with van der Waals surface area (Å²) in [6, 6.07) is 5.57. The third-order valence-electron chi connectivity index (χ3n) is 4.92. The van der Waals surface area contributed by atoms with Gasteiger partial charge in [-0.15, -0.1) is 0 Å². The minimum atomic E-state index is -4.30. The summed E-state index contributed by atoms with van der Waals surface area (Å²) in [5.41, 5.74) is 0.107. The van der Waals surface area contributed by atoms with Crippen LogP contribution in [0.15, 0.2) is 24.3 Å². The normalized spacial score (nSPS) is 26.3. The largest absolute Gasteiger partial charge is 0.416 e. The predicted octanol–water partition coefficient (Wildman–Crippen LogP) is 3.05. The highest BCUT2D eigenvalue weighted by Gasteiger charge is 2.33. The zero-order valence-corrected chi connectivity index (χ0v) is 12.9. The molecule has 23 heavy (non-hydrogen) atoms. The van der Waals surface area contributed by atoms with Gasteiger partial charge < -0.3 is 5.32 Å². The summed E-state index contributed by atoms with van der Waals surface area (Å²) in [5, 5.41) is 2.91. The van der Waals surface area contributed by atoms with E-state index in [-0.39, 0.29) is 5.91 Å². The molecular weight excluding hydrogens is 305 g/mol. The minimum Gasteiger partial charge on any atom is -0.356 e. The lowest BCUT2D eigenvalue weighted by molar-refractivity contribution is -0.137. The Morgan fingerprint density at radius 3 is 2.83 bits per heavy atom. The Morgan fingerprint density at radius 2 is 2.04 bits per heavy atom. The van der Waals surface area contributed by atoms with Crippen molar-refractivity contribution in [3.05, 3.63) is 35.4 Å². The topological polar surface area (TPSA) is 32.3 Å². The molecule has 1 aromatic rings. The summed E-state index contributed by atoms with van der Waals surface area (Å²) in [4.78, 5) is 13.8. The van der Waals surface area contributed by atoms with Crippen LogP contribution >= 0.6 is 0 Å². The number of carbonyl (C=O) groups is 1. The minimum absolute atomic E-state index is 0.129. The highest BCUT2D eigenvalue weighted by atomic mass is 19.4. The summed E-state index contributed by atoms with van der Waals surface area (Å²) in [5.74, 6) is 0.993. The van der Waals surface area contributed by atoms with Gasteiger partial charge in [0.05, 0.1) is 5.56 Å². The van der Waals surface area contributed by atoms with Crippen LogP contribution < -0.4 is 5.32 Å². The summed E-state index contributed by atoms with van der Waals surface area (Å²) >= 11 is 0. The number of fused-ring (bicyclic) bond motifs is 1. The van der Waals surface area contributed by atoms with Crippen LogP contribution in [0, 0.1) is 11.8 Å². The fourth-order valence-electron chi connectivity index (χ4n) is 3.71. The maximum absolute atomic E-state index is 12.8. The molecule has 2 saturated heterocycles. The van der Waals surface area contributed by atoms with Crippen LogP contribution in [0.1, 0.15) is 30.4 Å². The van der Waals surface area contributed by atoms with E-state index in [1.54, 1.807) is 6.07 Å². The lowest BCUT2D eigenvalue weighted by Gasteiger charge is -2.37. The van der Waals surface area contributed by atoms with E-state index in [9.17, 15) is 18.0 Å². The lowest BCUT2D eigenvalue weighted by atomic mass is 9.82. The van der Waals surface area contributed by atoms with Gasteiger partial charge in [0.15, 0.2) is 0 Å². The van der Waals surface area contributed by atoms with Crippen molar-refractivity contribution >= 4 is 5.91 Å². The molecule has 3 nitrogen and oxygen atoms in total. The van der Waals surface area contributed by atoms with Gasteiger partial charge in [-0.05, 0) is 42.9 Å². The Kier molecular flexibility index (Phi) is 4.62. The smallest absolute Gasteiger partial charge is 0.356 e. The Hall–Kier alpha value is -1.56. The van der Waals surface area contributed by atoms with Crippen molar-refractivity contribution in [1.82, 2.24) is 10.2 Å². The van der Waals surface area contributed by atoms with Gasteiger partial charge in [-0.2, -0.15) is 13.2 Å². The molecule has 2 heterocycles. The molecule has 2 fully saturated rings. The van der Waals surface area contributed by atoms with Crippen LogP contribution in [0.3, 0.4) is 0 Å². The first-order valence-electron chi connectivity index (χ1n) is 8.07. The molecule has 0 aromatic heterocycles. The number of amides is 1. The second-order valence-electron chi connectivity index (χ2n) is 6.58. The molecule has 0 radical (unpaired) electrons. The Morgan fingerprint density at radius 1 is 1.22 bits per heavy atom. The van der Waals surface area contributed by atoms with Crippen molar-refractivity contribution in [2.24, 2.45) is 11.8 Å². The number of benzene rings is 1.